The number of likely N-dealkylation sites (tertiary alicyclic amines) is 1. The van der Waals surface area contributed by atoms with Crippen LogP contribution < -0.4 is 5.32 Å². The van der Waals surface area contributed by atoms with Crippen molar-refractivity contribution >= 4 is 6.03 Å². The first-order valence-corrected chi connectivity index (χ1v) is 6.28. The fourth-order valence-electron chi connectivity index (χ4n) is 2.11. The molecule has 2 amide bonds. The molecule has 1 fully saturated rings. The van der Waals surface area contributed by atoms with Crippen LogP contribution in [0.15, 0.2) is 18.3 Å². The quantitative estimate of drug-likeness (QED) is 0.823. The summed E-state index contributed by atoms with van der Waals surface area (Å²) in [6.07, 6.45) is 2.97. The van der Waals surface area contributed by atoms with Crippen molar-refractivity contribution < 1.29 is 9.90 Å². The second-order valence-electron chi connectivity index (χ2n) is 4.67. The molecule has 1 unspecified atom stereocenters. The minimum atomic E-state index is -0.388. The van der Waals surface area contributed by atoms with Crippen molar-refractivity contribution in [1.29, 1.82) is 0 Å². The lowest BCUT2D eigenvalue weighted by Crippen LogP contribution is -2.46. The second-order valence-corrected chi connectivity index (χ2v) is 4.67. The van der Waals surface area contributed by atoms with Crippen LogP contribution in [-0.2, 0) is 6.54 Å². The molecule has 1 aromatic rings. The Morgan fingerprint density at radius 3 is 3.22 bits per heavy atom. The first-order chi connectivity index (χ1) is 8.66. The number of carbonyl (C=O) groups excluding carboxylic acids is 1. The van der Waals surface area contributed by atoms with Gasteiger partial charge in [0.15, 0.2) is 0 Å². The molecule has 2 rings (SSSR count). The molecule has 1 aliphatic heterocycles. The monoisotopic (exact) mass is 249 g/mol. The summed E-state index contributed by atoms with van der Waals surface area (Å²) in [5.41, 5.74) is 1.94. The molecule has 5 nitrogen and oxygen atoms in total. The van der Waals surface area contributed by atoms with E-state index in [2.05, 4.69) is 10.3 Å². The third-order valence-electron chi connectivity index (χ3n) is 3.21. The van der Waals surface area contributed by atoms with Gasteiger partial charge < -0.3 is 15.3 Å². The molecule has 2 N–H and O–H groups in total. The van der Waals surface area contributed by atoms with Crippen molar-refractivity contribution in [2.75, 3.05) is 13.1 Å². The van der Waals surface area contributed by atoms with E-state index in [4.69, 9.17) is 0 Å². The van der Waals surface area contributed by atoms with E-state index in [1.165, 1.54) is 0 Å². The standard InChI is InChI=1S/C13H19N3O2/c1-10-4-2-6-14-12(10)8-15-13(18)16-7-3-5-11(17)9-16/h2,4,6,11,17H,3,5,7-9H2,1H3,(H,15,18). The molecule has 1 aromatic heterocycles. The van der Waals surface area contributed by atoms with Gasteiger partial charge in [0.1, 0.15) is 0 Å². The molecule has 0 aliphatic carbocycles. The lowest BCUT2D eigenvalue weighted by molar-refractivity contribution is 0.0841. The Bertz CT molecular complexity index is 422. The zero-order valence-corrected chi connectivity index (χ0v) is 10.6. The molecule has 0 radical (unpaired) electrons. The van der Waals surface area contributed by atoms with Gasteiger partial charge in [-0.15, -0.1) is 0 Å². The number of nitrogens with zero attached hydrogens (tertiary/aromatic N) is 2. The van der Waals surface area contributed by atoms with E-state index in [-0.39, 0.29) is 12.1 Å². The Hall–Kier alpha value is -1.62. The summed E-state index contributed by atoms with van der Waals surface area (Å²) in [6, 6.07) is 3.72. The first-order valence-electron chi connectivity index (χ1n) is 6.28. The number of β-amino-alcohol motifs (C(OH)–C–C–N with tert-alkyl or cyclic N) is 1. The van der Waals surface area contributed by atoms with Gasteiger partial charge in [-0.2, -0.15) is 0 Å². The first kappa shape index (κ1) is 12.8. The van der Waals surface area contributed by atoms with Crippen LogP contribution in [0.3, 0.4) is 0 Å². The highest BCUT2D eigenvalue weighted by molar-refractivity contribution is 5.74. The number of rotatable bonds is 2. The van der Waals surface area contributed by atoms with E-state index in [0.717, 1.165) is 24.1 Å². The van der Waals surface area contributed by atoms with E-state index >= 15 is 0 Å². The summed E-state index contributed by atoms with van der Waals surface area (Å²) in [4.78, 5) is 17.8. The van der Waals surface area contributed by atoms with Gasteiger partial charge >= 0.3 is 6.03 Å². The lowest BCUT2D eigenvalue weighted by atomic mass is 10.1. The number of aromatic nitrogens is 1. The highest BCUT2D eigenvalue weighted by Crippen LogP contribution is 2.10. The number of aliphatic hydroxyl groups excluding tert-OH is 1. The number of hydrogen-bond donors (Lipinski definition) is 2. The van der Waals surface area contributed by atoms with Crippen molar-refractivity contribution in [2.45, 2.75) is 32.4 Å². The van der Waals surface area contributed by atoms with Gasteiger partial charge in [0.2, 0.25) is 0 Å². The summed E-state index contributed by atoms with van der Waals surface area (Å²) < 4.78 is 0. The van der Waals surface area contributed by atoms with E-state index in [9.17, 15) is 9.90 Å². The summed E-state index contributed by atoms with van der Waals surface area (Å²) in [5, 5.41) is 12.4. The van der Waals surface area contributed by atoms with Crippen molar-refractivity contribution in [2.24, 2.45) is 0 Å². The van der Waals surface area contributed by atoms with Crippen LogP contribution in [0.1, 0.15) is 24.1 Å². The van der Waals surface area contributed by atoms with Gasteiger partial charge in [-0.3, -0.25) is 4.98 Å². The van der Waals surface area contributed by atoms with Crippen LogP contribution in [0.5, 0.6) is 0 Å². The average Bonchev–Trinajstić information content (AvgIpc) is 2.37. The number of pyridine rings is 1. The molecule has 1 aliphatic rings. The molecular formula is C13H19N3O2. The van der Waals surface area contributed by atoms with Crippen LogP contribution in [0.4, 0.5) is 4.79 Å². The zero-order valence-electron chi connectivity index (χ0n) is 10.6. The molecule has 98 valence electrons. The summed E-state index contributed by atoms with van der Waals surface area (Å²) in [7, 11) is 0. The molecule has 2 heterocycles. The smallest absolute Gasteiger partial charge is 0.317 e. The van der Waals surface area contributed by atoms with Gasteiger partial charge in [0.25, 0.3) is 0 Å². The highest BCUT2D eigenvalue weighted by atomic mass is 16.3. The molecule has 1 saturated heterocycles. The number of piperidine rings is 1. The normalized spacial score (nSPS) is 19.7. The fraction of sp³-hybridized carbons (Fsp3) is 0.538. The molecule has 5 heteroatoms. The molecule has 0 spiro atoms. The molecular weight excluding hydrogens is 230 g/mol. The Labute approximate surface area is 107 Å². The van der Waals surface area contributed by atoms with E-state index in [1.807, 2.05) is 19.1 Å². The number of aliphatic hydroxyl groups is 1. The van der Waals surface area contributed by atoms with Crippen molar-refractivity contribution in [3.8, 4) is 0 Å². The molecule has 18 heavy (non-hydrogen) atoms. The third-order valence-corrected chi connectivity index (χ3v) is 3.21. The minimum absolute atomic E-state index is 0.126. The number of carbonyl (C=O) groups is 1. The molecule has 0 aromatic carbocycles. The lowest BCUT2D eigenvalue weighted by Gasteiger charge is -2.30. The Balaban J connectivity index is 1.86. The SMILES string of the molecule is Cc1cccnc1CNC(=O)N1CCCC(O)C1. The number of aryl methyl sites for hydroxylation is 1. The second kappa shape index (κ2) is 5.82. The number of amides is 2. The van der Waals surface area contributed by atoms with E-state index in [0.29, 0.717) is 19.6 Å². The molecule has 0 saturated carbocycles. The maximum atomic E-state index is 11.9. The molecule has 1 atom stereocenters. The zero-order chi connectivity index (χ0) is 13.0. The minimum Gasteiger partial charge on any atom is -0.391 e. The maximum absolute atomic E-state index is 11.9. The van der Waals surface area contributed by atoms with Gasteiger partial charge in [0, 0.05) is 19.3 Å². The third kappa shape index (κ3) is 3.20. The Kier molecular flexibility index (Phi) is 4.15. The number of urea groups is 1. The van der Waals surface area contributed by atoms with Crippen LogP contribution in [-0.4, -0.2) is 40.2 Å². The van der Waals surface area contributed by atoms with Crippen LogP contribution in [0.25, 0.3) is 0 Å². The molecule has 0 bridgehead atoms. The van der Waals surface area contributed by atoms with Gasteiger partial charge in [-0.25, -0.2) is 4.79 Å². The van der Waals surface area contributed by atoms with E-state index < -0.39 is 0 Å². The van der Waals surface area contributed by atoms with Crippen molar-refractivity contribution in [1.82, 2.24) is 15.2 Å². The van der Waals surface area contributed by atoms with Crippen LogP contribution in [0.2, 0.25) is 0 Å². The Morgan fingerprint density at radius 1 is 1.67 bits per heavy atom. The summed E-state index contributed by atoms with van der Waals surface area (Å²) in [6.45, 7) is 3.54. The van der Waals surface area contributed by atoms with Crippen molar-refractivity contribution in [3.63, 3.8) is 0 Å². The Morgan fingerprint density at radius 2 is 2.50 bits per heavy atom. The average molecular weight is 249 g/mol. The predicted molar refractivity (Wildman–Crippen MR) is 68.0 cm³/mol. The topological polar surface area (TPSA) is 65.5 Å². The van der Waals surface area contributed by atoms with Crippen LogP contribution >= 0.6 is 0 Å². The predicted octanol–water partition coefficient (Wildman–Crippen LogP) is 1.06. The van der Waals surface area contributed by atoms with Crippen molar-refractivity contribution in [3.05, 3.63) is 29.6 Å². The van der Waals surface area contributed by atoms with Crippen LogP contribution in [0, 0.1) is 6.92 Å². The van der Waals surface area contributed by atoms with Gasteiger partial charge in [-0.05, 0) is 31.4 Å². The summed E-state index contributed by atoms with van der Waals surface area (Å²) in [5.74, 6) is 0. The van der Waals surface area contributed by atoms with Gasteiger partial charge in [-0.1, -0.05) is 6.07 Å². The van der Waals surface area contributed by atoms with Gasteiger partial charge in [0.05, 0.1) is 18.3 Å². The maximum Gasteiger partial charge on any atom is 0.317 e. The number of nitrogens with one attached hydrogen (secondary N) is 1. The van der Waals surface area contributed by atoms with E-state index in [1.54, 1.807) is 11.1 Å². The summed E-state index contributed by atoms with van der Waals surface area (Å²) >= 11 is 0. The fourth-order valence-corrected chi connectivity index (χ4v) is 2.11. The highest BCUT2D eigenvalue weighted by Gasteiger charge is 2.21. The number of hydrogen-bond acceptors (Lipinski definition) is 3. The largest absolute Gasteiger partial charge is 0.391 e.